The van der Waals surface area contributed by atoms with E-state index in [0.717, 1.165) is 23.2 Å². The first-order valence-corrected chi connectivity index (χ1v) is 11.1. The molecule has 2 aromatic rings. The third kappa shape index (κ3) is 6.76. The molecule has 1 aliphatic rings. The minimum Gasteiger partial charge on any atom is -0.323 e. The van der Waals surface area contributed by atoms with Crippen LogP contribution in [-0.2, 0) is 21.4 Å². The number of carbonyl (C=O) groups excluding carboxylic acids is 1. The Kier molecular flexibility index (Phi) is 7.28. The van der Waals surface area contributed by atoms with Gasteiger partial charge in [0, 0.05) is 55.9 Å². The Labute approximate surface area is 175 Å². The third-order valence-electron chi connectivity index (χ3n) is 4.47. The molecule has 0 saturated heterocycles. The van der Waals surface area contributed by atoms with Crippen LogP contribution in [0.3, 0.4) is 0 Å². The Bertz CT molecular complexity index is 1030. The van der Waals surface area contributed by atoms with Crippen LogP contribution in [0.1, 0.15) is 22.6 Å². The molecule has 158 valence electrons. The van der Waals surface area contributed by atoms with Crippen LogP contribution in [0.4, 0.5) is 5.69 Å². The number of hydrogen-bond donors (Lipinski definition) is 4. The molecule has 0 spiro atoms. The Morgan fingerprint density at radius 1 is 1.27 bits per heavy atom. The lowest BCUT2D eigenvalue weighted by atomic mass is 9.97. The van der Waals surface area contributed by atoms with Crippen molar-refractivity contribution in [1.29, 1.82) is 0 Å². The van der Waals surface area contributed by atoms with Crippen molar-refractivity contribution in [2.45, 2.75) is 12.5 Å². The lowest BCUT2D eigenvalue weighted by Gasteiger charge is -2.09. The van der Waals surface area contributed by atoms with E-state index in [9.17, 15) is 13.2 Å². The fourth-order valence-electron chi connectivity index (χ4n) is 2.93. The monoisotopic (exact) mass is 428 g/mol. The number of amides is 1. The lowest BCUT2D eigenvalue weighted by Crippen LogP contribution is -2.26. The molecule has 1 aromatic heterocycles. The van der Waals surface area contributed by atoms with E-state index in [2.05, 4.69) is 26.1 Å². The van der Waals surface area contributed by atoms with Crippen molar-refractivity contribution in [3.05, 3.63) is 65.5 Å². The van der Waals surface area contributed by atoms with Gasteiger partial charge in [0.2, 0.25) is 15.9 Å². The van der Waals surface area contributed by atoms with Crippen molar-refractivity contribution in [3.63, 3.8) is 0 Å². The van der Waals surface area contributed by atoms with Crippen LogP contribution < -0.4 is 21.2 Å². The SMILES string of the molecule is NS(=O)(=O)CCNCc1ccc(NC(=O)/C=C/c2cnccc2C2C=NNC2)cc1. The van der Waals surface area contributed by atoms with E-state index in [1.165, 1.54) is 6.08 Å². The quantitative estimate of drug-likeness (QED) is 0.344. The smallest absolute Gasteiger partial charge is 0.248 e. The second-order valence-corrected chi connectivity index (χ2v) is 8.55. The zero-order valence-corrected chi connectivity index (χ0v) is 17.1. The molecule has 10 heteroatoms. The summed E-state index contributed by atoms with van der Waals surface area (Å²) in [5, 5.41) is 14.8. The molecule has 3 rings (SSSR count). The van der Waals surface area contributed by atoms with Gasteiger partial charge in [0.1, 0.15) is 0 Å². The predicted molar refractivity (Wildman–Crippen MR) is 117 cm³/mol. The number of nitrogens with one attached hydrogen (secondary N) is 3. The molecule has 1 atom stereocenters. The normalized spacial score (nSPS) is 16.0. The van der Waals surface area contributed by atoms with Crippen LogP contribution in [0.5, 0.6) is 0 Å². The topological polar surface area (TPSA) is 139 Å². The van der Waals surface area contributed by atoms with E-state index in [1.807, 2.05) is 24.4 Å². The Morgan fingerprint density at radius 2 is 2.07 bits per heavy atom. The minimum absolute atomic E-state index is 0.115. The van der Waals surface area contributed by atoms with Crippen LogP contribution in [0.15, 0.2) is 53.9 Å². The first kappa shape index (κ1) is 21.6. The summed E-state index contributed by atoms with van der Waals surface area (Å²) < 4.78 is 21.8. The van der Waals surface area contributed by atoms with Gasteiger partial charge in [0.25, 0.3) is 0 Å². The first-order chi connectivity index (χ1) is 14.4. The maximum Gasteiger partial charge on any atom is 0.248 e. The highest BCUT2D eigenvalue weighted by atomic mass is 32.2. The molecule has 1 aromatic carbocycles. The molecule has 0 aliphatic carbocycles. The van der Waals surface area contributed by atoms with Crippen LogP contribution in [-0.4, -0.2) is 44.4 Å². The van der Waals surface area contributed by atoms with Crippen molar-refractivity contribution in [3.8, 4) is 0 Å². The summed E-state index contributed by atoms with van der Waals surface area (Å²) >= 11 is 0. The number of hydrogen-bond acceptors (Lipinski definition) is 7. The van der Waals surface area contributed by atoms with Crippen LogP contribution in [0.25, 0.3) is 6.08 Å². The number of sulfonamides is 1. The summed E-state index contributed by atoms with van der Waals surface area (Å²) in [6, 6.07) is 9.22. The van der Waals surface area contributed by atoms with E-state index in [4.69, 9.17) is 5.14 Å². The van der Waals surface area contributed by atoms with Crippen molar-refractivity contribution >= 4 is 33.9 Å². The van der Waals surface area contributed by atoms with E-state index in [0.29, 0.717) is 12.2 Å². The van der Waals surface area contributed by atoms with E-state index in [1.54, 1.807) is 30.6 Å². The Balaban J connectivity index is 1.52. The molecule has 2 heterocycles. The molecule has 9 nitrogen and oxygen atoms in total. The van der Waals surface area contributed by atoms with Gasteiger partial charge >= 0.3 is 0 Å². The summed E-state index contributed by atoms with van der Waals surface area (Å²) in [5.41, 5.74) is 6.48. The van der Waals surface area contributed by atoms with Crippen molar-refractivity contribution in [1.82, 2.24) is 15.7 Å². The molecule has 1 unspecified atom stereocenters. The van der Waals surface area contributed by atoms with Gasteiger partial charge in [-0.1, -0.05) is 12.1 Å². The second kappa shape index (κ2) is 10.1. The Hall–Kier alpha value is -3.08. The number of anilines is 1. The highest BCUT2D eigenvalue weighted by Gasteiger charge is 2.15. The number of aromatic nitrogens is 1. The Morgan fingerprint density at radius 3 is 2.77 bits per heavy atom. The summed E-state index contributed by atoms with van der Waals surface area (Å²) in [7, 11) is -3.46. The molecule has 30 heavy (non-hydrogen) atoms. The molecule has 0 bridgehead atoms. The lowest BCUT2D eigenvalue weighted by molar-refractivity contribution is -0.111. The number of hydrazone groups is 1. The highest BCUT2D eigenvalue weighted by molar-refractivity contribution is 7.89. The summed E-state index contributed by atoms with van der Waals surface area (Å²) in [5.74, 6) is -0.209. The number of nitrogens with zero attached hydrogens (tertiary/aromatic N) is 2. The molecular formula is C20H24N6O3S. The number of primary sulfonamides is 1. The van der Waals surface area contributed by atoms with Crippen molar-refractivity contribution in [2.24, 2.45) is 10.2 Å². The van der Waals surface area contributed by atoms with Crippen molar-refractivity contribution in [2.75, 3.05) is 24.2 Å². The molecule has 1 aliphatic heterocycles. The van der Waals surface area contributed by atoms with Gasteiger partial charge in [-0.2, -0.15) is 5.10 Å². The largest absolute Gasteiger partial charge is 0.323 e. The fourth-order valence-corrected chi connectivity index (χ4v) is 3.36. The third-order valence-corrected chi connectivity index (χ3v) is 5.24. The number of rotatable bonds is 9. The summed E-state index contributed by atoms with van der Waals surface area (Å²) in [6.07, 6.45) is 8.52. The molecule has 5 N–H and O–H groups in total. The summed E-state index contributed by atoms with van der Waals surface area (Å²) in [6.45, 7) is 1.51. The van der Waals surface area contributed by atoms with Crippen molar-refractivity contribution < 1.29 is 13.2 Å². The maximum absolute atomic E-state index is 12.3. The molecule has 0 radical (unpaired) electrons. The maximum atomic E-state index is 12.3. The molecule has 0 fully saturated rings. The number of nitrogens with two attached hydrogens (primary N) is 1. The number of pyridine rings is 1. The van der Waals surface area contributed by atoms with E-state index >= 15 is 0 Å². The van der Waals surface area contributed by atoms with Gasteiger partial charge in [0.15, 0.2) is 0 Å². The summed E-state index contributed by atoms with van der Waals surface area (Å²) in [4.78, 5) is 16.4. The average Bonchev–Trinajstić information content (AvgIpc) is 3.25. The van der Waals surface area contributed by atoms with Gasteiger partial charge in [-0.25, -0.2) is 13.6 Å². The van der Waals surface area contributed by atoms with Crippen LogP contribution in [0, 0.1) is 0 Å². The van der Waals surface area contributed by atoms with Gasteiger partial charge in [-0.05, 0) is 41.0 Å². The fraction of sp³-hybridized carbons (Fsp3) is 0.250. The van der Waals surface area contributed by atoms with Crippen LogP contribution >= 0.6 is 0 Å². The van der Waals surface area contributed by atoms with Gasteiger partial charge < -0.3 is 16.1 Å². The average molecular weight is 429 g/mol. The second-order valence-electron chi connectivity index (χ2n) is 6.81. The van der Waals surface area contributed by atoms with Gasteiger partial charge in [0.05, 0.1) is 5.75 Å². The van der Waals surface area contributed by atoms with Gasteiger partial charge in [-0.15, -0.1) is 0 Å². The zero-order chi connectivity index (χ0) is 21.4. The van der Waals surface area contributed by atoms with E-state index in [-0.39, 0.29) is 24.1 Å². The predicted octanol–water partition coefficient (Wildman–Crippen LogP) is 0.784. The zero-order valence-electron chi connectivity index (χ0n) is 16.3. The van der Waals surface area contributed by atoms with Crippen LogP contribution in [0.2, 0.25) is 0 Å². The molecular weight excluding hydrogens is 404 g/mol. The standard InChI is InChI=1S/C20H24N6O3S/c21-30(28,29)10-9-23-11-15-1-4-18(5-2-15)26-20(27)6-3-16-12-22-8-7-19(16)17-13-24-25-14-17/h1-8,12-13,17,23,25H,9-11,14H2,(H,26,27)(H2,21,28,29)/b6-3+. The number of benzene rings is 1. The molecule has 0 saturated carbocycles. The van der Waals surface area contributed by atoms with Gasteiger partial charge in [-0.3, -0.25) is 9.78 Å². The minimum atomic E-state index is -3.46. The number of carbonyl (C=O) groups is 1. The first-order valence-electron chi connectivity index (χ1n) is 9.40. The van der Waals surface area contributed by atoms with E-state index < -0.39 is 10.0 Å². The highest BCUT2D eigenvalue weighted by Crippen LogP contribution is 2.20. The molecule has 1 amide bonds.